The number of nitrogens with one attached hydrogen (secondary N) is 1. The summed E-state index contributed by atoms with van der Waals surface area (Å²) in [5, 5.41) is 16.6. The molecule has 7 heteroatoms. The van der Waals surface area contributed by atoms with Gasteiger partial charge >= 0.3 is 5.97 Å². The summed E-state index contributed by atoms with van der Waals surface area (Å²) in [6.45, 7) is 2.09. The molecule has 1 saturated heterocycles. The van der Waals surface area contributed by atoms with Gasteiger partial charge in [-0.3, -0.25) is 4.79 Å². The molecule has 29 heavy (non-hydrogen) atoms. The van der Waals surface area contributed by atoms with Crippen LogP contribution in [-0.2, 0) is 20.7 Å². The molecule has 0 aliphatic carbocycles. The fourth-order valence-electron chi connectivity index (χ4n) is 3.49. The number of esters is 1. The van der Waals surface area contributed by atoms with E-state index < -0.39 is 0 Å². The van der Waals surface area contributed by atoms with Gasteiger partial charge < -0.3 is 24.6 Å². The Morgan fingerprint density at radius 3 is 2.90 bits per heavy atom. The van der Waals surface area contributed by atoms with Crippen molar-refractivity contribution in [2.75, 3.05) is 33.4 Å². The highest BCUT2D eigenvalue weighted by Crippen LogP contribution is 2.26. The molecule has 1 aliphatic heterocycles. The lowest BCUT2D eigenvalue weighted by Gasteiger charge is -2.43. The number of hydrogen-bond acceptors (Lipinski definition) is 5. The Hall–Kier alpha value is -1.96. The molecular weight excluding hydrogens is 388 g/mol. The fraction of sp³-hybridized carbons (Fsp3) is 0.545. The third kappa shape index (κ3) is 8.51. The molecule has 1 aromatic rings. The summed E-state index contributed by atoms with van der Waals surface area (Å²) in [4.78, 5) is 11.1. The van der Waals surface area contributed by atoms with Crippen molar-refractivity contribution in [1.29, 1.82) is 0 Å². The topological polar surface area (TPSA) is 70.6 Å². The van der Waals surface area contributed by atoms with Crippen molar-refractivity contribution in [3.63, 3.8) is 0 Å². The maximum absolute atomic E-state index is 13.1. The largest absolute Gasteiger partial charge is 0.632 e. The number of carbonyl (C=O) groups excluding carboxylic acids is 1. The van der Waals surface area contributed by atoms with Gasteiger partial charge in [0.25, 0.3) is 5.17 Å². The van der Waals surface area contributed by atoms with Gasteiger partial charge in [-0.25, -0.2) is 0 Å². The first-order valence-corrected chi connectivity index (χ1v) is 10.7. The maximum Gasteiger partial charge on any atom is 0.305 e. The molecule has 0 spiro atoms. The van der Waals surface area contributed by atoms with E-state index >= 15 is 0 Å². The molecule has 1 heterocycles. The molecule has 1 aliphatic rings. The van der Waals surface area contributed by atoms with Crippen LogP contribution in [-0.4, -0.2) is 55.2 Å². The molecule has 1 N–H and O–H groups in total. The Kier molecular flexibility index (Phi) is 10.1. The Morgan fingerprint density at radius 1 is 1.34 bits per heavy atom. The number of allylic oxidation sites excluding steroid dienone is 1. The van der Waals surface area contributed by atoms with E-state index in [1.165, 1.54) is 12.7 Å². The van der Waals surface area contributed by atoms with Crippen LogP contribution in [0, 0.1) is 5.21 Å². The number of unbranched alkanes of at least 4 members (excludes halogenated alkanes) is 1. The second-order valence-electron chi connectivity index (χ2n) is 7.36. The number of hydroxylamine groups is 3. The average Bonchev–Trinajstić information content (AvgIpc) is 3.10. The zero-order valence-electron chi connectivity index (χ0n) is 17.2. The molecule has 0 saturated carbocycles. The number of carbonyl (C=O) groups is 1. The third-order valence-corrected chi connectivity index (χ3v) is 5.49. The summed E-state index contributed by atoms with van der Waals surface area (Å²) in [7, 11) is 1.39. The summed E-state index contributed by atoms with van der Waals surface area (Å²) in [6.07, 6.45) is 8.45. The lowest BCUT2D eigenvalue weighted by Crippen LogP contribution is -2.49. The zero-order chi connectivity index (χ0) is 21.0. The van der Waals surface area contributed by atoms with E-state index in [2.05, 4.69) is 22.2 Å². The van der Waals surface area contributed by atoms with Gasteiger partial charge in [0.05, 0.1) is 20.2 Å². The maximum atomic E-state index is 13.1. The van der Waals surface area contributed by atoms with Crippen LogP contribution in [0.25, 0.3) is 0 Å². The highest BCUT2D eigenvalue weighted by molar-refractivity contribution is 7.80. The lowest BCUT2D eigenvalue weighted by molar-refractivity contribution is -0.887. The predicted octanol–water partition coefficient (Wildman–Crippen LogP) is 3.50. The van der Waals surface area contributed by atoms with E-state index in [1.807, 2.05) is 30.4 Å². The van der Waals surface area contributed by atoms with Gasteiger partial charge in [0.2, 0.25) is 0 Å². The smallest absolute Gasteiger partial charge is 0.305 e. The number of quaternary nitrogens is 1. The molecule has 160 valence electrons. The van der Waals surface area contributed by atoms with Gasteiger partial charge in [-0.1, -0.05) is 36.4 Å². The minimum Gasteiger partial charge on any atom is -0.632 e. The van der Waals surface area contributed by atoms with Crippen molar-refractivity contribution in [3.05, 3.63) is 53.3 Å². The van der Waals surface area contributed by atoms with Gasteiger partial charge in [-0.05, 0) is 43.1 Å². The van der Waals surface area contributed by atoms with Gasteiger partial charge in [-0.2, -0.15) is 0 Å². The summed E-state index contributed by atoms with van der Waals surface area (Å²) in [5.74, 6) is -0.198. The van der Waals surface area contributed by atoms with Crippen LogP contribution in [0.15, 0.2) is 42.5 Å². The number of hydrogen-bond donors (Lipinski definition) is 1. The Labute approximate surface area is 179 Å². The highest BCUT2D eigenvalue weighted by Gasteiger charge is 2.34. The number of thiocarbonyl (C=S) groups is 1. The van der Waals surface area contributed by atoms with Crippen molar-refractivity contribution in [1.82, 2.24) is 5.32 Å². The quantitative estimate of drug-likeness (QED) is 0.148. The first kappa shape index (κ1) is 23.3. The first-order chi connectivity index (χ1) is 14.0. The zero-order valence-corrected chi connectivity index (χ0v) is 18.0. The lowest BCUT2D eigenvalue weighted by atomic mass is 10.1. The highest BCUT2D eigenvalue weighted by atomic mass is 32.1. The number of likely N-dealkylation sites (tertiary alicyclic amines) is 1. The second kappa shape index (κ2) is 12.6. The molecule has 0 amide bonds. The van der Waals surface area contributed by atoms with Crippen LogP contribution in [0.2, 0.25) is 0 Å². The second-order valence-corrected chi connectivity index (χ2v) is 7.73. The van der Waals surface area contributed by atoms with E-state index in [0.717, 1.165) is 32.1 Å². The van der Waals surface area contributed by atoms with E-state index in [9.17, 15) is 10.0 Å². The number of methoxy groups -OCH3 is 1. The van der Waals surface area contributed by atoms with Gasteiger partial charge in [-0.15, -0.1) is 0 Å². The van der Waals surface area contributed by atoms with Crippen molar-refractivity contribution < 1.29 is 18.9 Å². The summed E-state index contributed by atoms with van der Waals surface area (Å²) >= 11 is 5.25. The molecule has 6 nitrogen and oxygen atoms in total. The van der Waals surface area contributed by atoms with E-state index in [4.69, 9.17) is 17.0 Å². The normalized spacial score (nSPS) is 21.2. The Bertz CT molecular complexity index is 668. The molecule has 2 unspecified atom stereocenters. The Morgan fingerprint density at radius 2 is 2.14 bits per heavy atom. The summed E-state index contributed by atoms with van der Waals surface area (Å²) in [6, 6.07) is 10.1. The van der Waals surface area contributed by atoms with Gasteiger partial charge in [0, 0.05) is 25.8 Å². The molecule has 2 atom stereocenters. The first-order valence-electron chi connectivity index (χ1n) is 10.3. The van der Waals surface area contributed by atoms with Crippen molar-refractivity contribution in [2.24, 2.45) is 0 Å². The third-order valence-electron chi connectivity index (χ3n) is 5.23. The van der Waals surface area contributed by atoms with Crippen molar-refractivity contribution in [2.45, 2.75) is 44.6 Å². The van der Waals surface area contributed by atoms with Crippen LogP contribution in [0.4, 0.5) is 0 Å². The number of ether oxygens (including phenoxy) is 2. The van der Waals surface area contributed by atoms with Crippen molar-refractivity contribution >= 4 is 23.4 Å². The van der Waals surface area contributed by atoms with Crippen LogP contribution in [0.1, 0.15) is 37.7 Å². The monoisotopic (exact) mass is 420 g/mol. The summed E-state index contributed by atoms with van der Waals surface area (Å²) in [5.41, 5.74) is 1.24. The van der Waals surface area contributed by atoms with E-state index in [0.29, 0.717) is 37.8 Å². The number of rotatable bonds is 11. The van der Waals surface area contributed by atoms with Crippen LogP contribution < -0.4 is 5.32 Å². The number of benzene rings is 1. The van der Waals surface area contributed by atoms with Crippen molar-refractivity contribution in [3.8, 4) is 0 Å². The molecule has 1 fully saturated rings. The molecule has 2 rings (SSSR count). The van der Waals surface area contributed by atoms with Crippen LogP contribution >= 0.6 is 12.2 Å². The number of nitrogens with zero attached hydrogens (tertiary/aromatic N) is 1. The van der Waals surface area contributed by atoms with E-state index in [1.54, 1.807) is 0 Å². The minimum absolute atomic E-state index is 0.0939. The van der Waals surface area contributed by atoms with E-state index in [-0.39, 0.29) is 16.7 Å². The SMILES string of the molecule is COC(=O)CCC/C=C\C[N+]1([O-])CCCC1COC(=S)NCCc1ccccc1. The van der Waals surface area contributed by atoms with Gasteiger partial charge in [0.15, 0.2) is 0 Å². The standard InChI is InChI=1S/C22H32N2O4S/c1-27-21(25)13-7-2-3-8-16-24(26)17-9-12-20(24)18-28-22(29)23-15-14-19-10-5-4-6-11-19/h3-6,8,10-11,20H,2,7,9,12-18H2,1H3,(H,23,29)/b8-3-. The molecule has 0 bridgehead atoms. The van der Waals surface area contributed by atoms with Gasteiger partial charge in [0.1, 0.15) is 12.6 Å². The van der Waals surface area contributed by atoms with Crippen LogP contribution in [0.3, 0.4) is 0 Å². The molecule has 0 aromatic heterocycles. The summed E-state index contributed by atoms with van der Waals surface area (Å²) < 4.78 is 10.0. The Balaban J connectivity index is 1.65. The molecule has 1 aromatic carbocycles. The molecule has 0 radical (unpaired) electrons. The molecular formula is C22H32N2O4S. The minimum atomic E-state index is -0.264. The predicted molar refractivity (Wildman–Crippen MR) is 118 cm³/mol. The average molecular weight is 421 g/mol. The van der Waals surface area contributed by atoms with Crippen LogP contribution in [0.5, 0.6) is 0 Å². The fourth-order valence-corrected chi connectivity index (χ4v) is 3.66.